The summed E-state index contributed by atoms with van der Waals surface area (Å²) in [7, 11) is 0. The molecule has 0 aliphatic heterocycles. The molecule has 0 saturated heterocycles. The number of fused-ring (bicyclic) bond motifs is 1. The number of hydrogen-bond donors (Lipinski definition) is 2. The molecule has 2 N–H and O–H groups in total. The monoisotopic (exact) mass is 350 g/mol. The van der Waals surface area contributed by atoms with Crippen molar-refractivity contribution < 1.29 is 23.4 Å². The SMILES string of the molecule is CC(Oc1ccc2nc(NC(=O)O)sc2c1)c1cc(F)cc(F)c1. The lowest BCUT2D eigenvalue weighted by Crippen LogP contribution is -2.06. The molecule has 0 aliphatic carbocycles. The van der Waals surface area contributed by atoms with Crippen molar-refractivity contribution in [2.75, 3.05) is 5.32 Å². The van der Waals surface area contributed by atoms with E-state index in [-0.39, 0.29) is 5.13 Å². The normalized spacial score (nSPS) is 12.1. The van der Waals surface area contributed by atoms with Crippen LogP contribution in [0.25, 0.3) is 10.2 Å². The van der Waals surface area contributed by atoms with Crippen LogP contribution in [0.15, 0.2) is 36.4 Å². The highest BCUT2D eigenvalue weighted by Crippen LogP contribution is 2.31. The first-order chi connectivity index (χ1) is 11.4. The van der Waals surface area contributed by atoms with E-state index in [0.717, 1.165) is 22.1 Å². The molecule has 1 heterocycles. The van der Waals surface area contributed by atoms with E-state index in [1.807, 2.05) is 0 Å². The summed E-state index contributed by atoms with van der Waals surface area (Å²) in [6, 6.07) is 8.29. The topological polar surface area (TPSA) is 71.5 Å². The molecule has 0 saturated carbocycles. The molecule has 3 rings (SSSR count). The summed E-state index contributed by atoms with van der Waals surface area (Å²) in [6.07, 6.45) is -1.75. The van der Waals surface area contributed by atoms with Crippen LogP contribution in [0.4, 0.5) is 18.7 Å². The first-order valence-corrected chi connectivity index (χ1v) is 7.75. The standard InChI is InChI=1S/C16H12F2N2O3S/c1-8(9-4-10(17)6-11(18)5-9)23-12-2-3-13-14(7-12)24-15(19-13)20-16(21)22/h2-8H,1H3,(H,19,20)(H,21,22). The number of rotatable bonds is 4. The molecule has 0 bridgehead atoms. The Labute approximate surface area is 139 Å². The number of halogens is 2. The minimum Gasteiger partial charge on any atom is -0.486 e. The average Bonchev–Trinajstić information content (AvgIpc) is 2.86. The zero-order valence-corrected chi connectivity index (χ0v) is 13.2. The van der Waals surface area contributed by atoms with Gasteiger partial charge in [0.15, 0.2) is 5.13 Å². The van der Waals surface area contributed by atoms with Gasteiger partial charge in [-0.15, -0.1) is 0 Å². The third kappa shape index (κ3) is 3.60. The van der Waals surface area contributed by atoms with Crippen LogP contribution >= 0.6 is 11.3 Å². The summed E-state index contributed by atoms with van der Waals surface area (Å²) in [5, 5.41) is 11.2. The van der Waals surface area contributed by atoms with Crippen molar-refractivity contribution in [3.63, 3.8) is 0 Å². The first-order valence-electron chi connectivity index (χ1n) is 6.94. The molecule has 8 heteroatoms. The van der Waals surface area contributed by atoms with Gasteiger partial charge in [-0.3, -0.25) is 5.32 Å². The van der Waals surface area contributed by atoms with Crippen molar-refractivity contribution in [1.29, 1.82) is 0 Å². The Balaban J connectivity index is 1.82. The summed E-state index contributed by atoms with van der Waals surface area (Å²) < 4.78 is 33.0. The van der Waals surface area contributed by atoms with E-state index >= 15 is 0 Å². The number of nitrogens with one attached hydrogen (secondary N) is 1. The number of anilines is 1. The Morgan fingerprint density at radius 1 is 1.25 bits per heavy atom. The number of aromatic nitrogens is 1. The van der Waals surface area contributed by atoms with Gasteiger partial charge in [0.1, 0.15) is 23.5 Å². The molecular weight excluding hydrogens is 338 g/mol. The molecule has 1 amide bonds. The second-order valence-electron chi connectivity index (χ2n) is 5.04. The van der Waals surface area contributed by atoms with Crippen molar-refractivity contribution >= 4 is 32.8 Å². The van der Waals surface area contributed by atoms with Crippen LogP contribution < -0.4 is 10.1 Å². The number of carbonyl (C=O) groups is 1. The van der Waals surface area contributed by atoms with Gasteiger partial charge in [-0.1, -0.05) is 11.3 Å². The lowest BCUT2D eigenvalue weighted by molar-refractivity contribution is 0.209. The van der Waals surface area contributed by atoms with Gasteiger partial charge < -0.3 is 9.84 Å². The van der Waals surface area contributed by atoms with Gasteiger partial charge in [0.25, 0.3) is 0 Å². The minimum atomic E-state index is -1.19. The highest BCUT2D eigenvalue weighted by Gasteiger charge is 2.12. The third-order valence-corrected chi connectivity index (χ3v) is 4.17. The van der Waals surface area contributed by atoms with E-state index in [9.17, 15) is 13.6 Å². The molecule has 3 aromatic rings. The number of benzene rings is 2. The van der Waals surface area contributed by atoms with Crippen LogP contribution in [0.1, 0.15) is 18.6 Å². The molecule has 1 atom stereocenters. The second kappa shape index (κ2) is 6.40. The fraction of sp³-hybridized carbons (Fsp3) is 0.125. The molecule has 0 spiro atoms. The predicted octanol–water partition coefficient (Wildman–Crippen LogP) is 4.80. The van der Waals surface area contributed by atoms with Gasteiger partial charge in [-0.05, 0) is 42.8 Å². The van der Waals surface area contributed by atoms with Crippen molar-refractivity contribution in [3.8, 4) is 5.75 Å². The molecule has 24 heavy (non-hydrogen) atoms. The van der Waals surface area contributed by atoms with E-state index in [2.05, 4.69) is 10.3 Å². The number of nitrogens with zero attached hydrogens (tertiary/aromatic N) is 1. The molecular formula is C16H12F2N2O3S. The number of carboxylic acid groups (broad SMARTS) is 1. The van der Waals surface area contributed by atoms with Crippen LogP contribution in [-0.2, 0) is 0 Å². The van der Waals surface area contributed by atoms with Crippen LogP contribution in [0.3, 0.4) is 0 Å². The summed E-state index contributed by atoms with van der Waals surface area (Å²) in [4.78, 5) is 14.8. The van der Waals surface area contributed by atoms with Crippen LogP contribution in [-0.4, -0.2) is 16.2 Å². The molecule has 124 valence electrons. The van der Waals surface area contributed by atoms with Crippen molar-refractivity contribution in [1.82, 2.24) is 4.98 Å². The Morgan fingerprint density at radius 2 is 1.96 bits per heavy atom. The molecule has 2 aromatic carbocycles. The summed E-state index contributed by atoms with van der Waals surface area (Å²) in [5.41, 5.74) is 1.01. The Hall–Kier alpha value is -2.74. The lowest BCUT2D eigenvalue weighted by atomic mass is 10.1. The first kappa shape index (κ1) is 16.1. The van der Waals surface area contributed by atoms with Gasteiger partial charge >= 0.3 is 6.09 Å². The molecule has 1 unspecified atom stereocenters. The largest absolute Gasteiger partial charge is 0.486 e. The predicted molar refractivity (Wildman–Crippen MR) is 86.7 cm³/mol. The van der Waals surface area contributed by atoms with Gasteiger partial charge in [0.2, 0.25) is 0 Å². The van der Waals surface area contributed by atoms with Gasteiger partial charge in [-0.2, -0.15) is 0 Å². The Kier molecular flexibility index (Phi) is 4.30. The highest BCUT2D eigenvalue weighted by atomic mass is 32.1. The van der Waals surface area contributed by atoms with E-state index in [1.165, 1.54) is 12.1 Å². The van der Waals surface area contributed by atoms with E-state index in [1.54, 1.807) is 25.1 Å². The lowest BCUT2D eigenvalue weighted by Gasteiger charge is -2.15. The average molecular weight is 350 g/mol. The summed E-state index contributed by atoms with van der Waals surface area (Å²) in [5.74, 6) is -0.837. The fourth-order valence-electron chi connectivity index (χ4n) is 2.21. The van der Waals surface area contributed by atoms with Crippen LogP contribution in [0, 0.1) is 11.6 Å². The highest BCUT2D eigenvalue weighted by molar-refractivity contribution is 7.22. The molecule has 0 aliphatic rings. The van der Waals surface area contributed by atoms with Gasteiger partial charge in [-0.25, -0.2) is 18.6 Å². The van der Waals surface area contributed by atoms with Crippen molar-refractivity contribution in [2.24, 2.45) is 0 Å². The zero-order valence-electron chi connectivity index (χ0n) is 12.4. The maximum atomic E-state index is 13.3. The number of thiazole rings is 1. The van der Waals surface area contributed by atoms with E-state index < -0.39 is 23.8 Å². The van der Waals surface area contributed by atoms with E-state index in [0.29, 0.717) is 16.8 Å². The smallest absolute Gasteiger partial charge is 0.410 e. The summed E-state index contributed by atoms with van der Waals surface area (Å²) in [6.45, 7) is 1.68. The van der Waals surface area contributed by atoms with Crippen LogP contribution in [0.5, 0.6) is 5.75 Å². The number of hydrogen-bond acceptors (Lipinski definition) is 4. The molecule has 0 radical (unpaired) electrons. The molecule has 0 fully saturated rings. The Morgan fingerprint density at radius 3 is 2.62 bits per heavy atom. The van der Waals surface area contributed by atoms with Crippen molar-refractivity contribution in [2.45, 2.75) is 13.0 Å². The summed E-state index contributed by atoms with van der Waals surface area (Å²) >= 11 is 1.16. The minimum absolute atomic E-state index is 0.259. The maximum absolute atomic E-state index is 13.3. The zero-order chi connectivity index (χ0) is 17.3. The third-order valence-electron chi connectivity index (χ3n) is 3.24. The number of ether oxygens (including phenoxy) is 1. The van der Waals surface area contributed by atoms with Gasteiger partial charge in [0, 0.05) is 6.07 Å². The quantitative estimate of drug-likeness (QED) is 0.709. The maximum Gasteiger partial charge on any atom is 0.410 e. The Bertz CT molecular complexity index is 893. The number of amides is 1. The molecule has 1 aromatic heterocycles. The van der Waals surface area contributed by atoms with E-state index in [4.69, 9.17) is 9.84 Å². The second-order valence-corrected chi connectivity index (χ2v) is 6.07. The van der Waals surface area contributed by atoms with Gasteiger partial charge in [0.05, 0.1) is 10.2 Å². The molecule has 5 nitrogen and oxygen atoms in total. The fourth-order valence-corrected chi connectivity index (χ4v) is 3.09. The van der Waals surface area contributed by atoms with Crippen molar-refractivity contribution in [3.05, 3.63) is 53.6 Å². The van der Waals surface area contributed by atoms with Crippen LogP contribution in [0.2, 0.25) is 0 Å².